The molecular formula is C26H30FN3O4. The number of rotatable bonds is 4. The summed E-state index contributed by atoms with van der Waals surface area (Å²) in [5.74, 6) is 0.200. The van der Waals surface area contributed by atoms with Crippen molar-refractivity contribution < 1.29 is 23.5 Å². The lowest BCUT2D eigenvalue weighted by molar-refractivity contribution is -0.134. The van der Waals surface area contributed by atoms with E-state index >= 15 is 0 Å². The zero-order valence-corrected chi connectivity index (χ0v) is 19.2. The van der Waals surface area contributed by atoms with Gasteiger partial charge in [-0.3, -0.25) is 14.6 Å². The molecule has 0 aliphatic carbocycles. The number of likely N-dealkylation sites (tertiary alicyclic amines) is 1. The lowest BCUT2D eigenvalue weighted by Crippen LogP contribution is -2.51. The molecule has 5 rings (SSSR count). The molecule has 0 saturated carbocycles. The van der Waals surface area contributed by atoms with E-state index in [4.69, 9.17) is 9.47 Å². The van der Waals surface area contributed by atoms with Gasteiger partial charge in [0.05, 0.1) is 32.8 Å². The maximum atomic E-state index is 13.3. The number of piperidine rings is 1. The van der Waals surface area contributed by atoms with Crippen LogP contribution in [0.1, 0.15) is 24.3 Å². The minimum atomic E-state index is -0.933. The fraction of sp³-hybridized carbons (Fsp3) is 0.462. The van der Waals surface area contributed by atoms with Gasteiger partial charge in [0.2, 0.25) is 5.91 Å². The highest BCUT2D eigenvalue weighted by molar-refractivity contribution is 5.90. The molecule has 8 heteroatoms. The summed E-state index contributed by atoms with van der Waals surface area (Å²) in [5, 5.41) is 0. The average molecular weight is 468 g/mol. The summed E-state index contributed by atoms with van der Waals surface area (Å²) >= 11 is 0. The molecule has 3 aliphatic rings. The van der Waals surface area contributed by atoms with Crippen molar-refractivity contribution in [1.82, 2.24) is 9.80 Å². The first-order chi connectivity index (χ1) is 16.5. The second-order valence-electron chi connectivity index (χ2n) is 9.44. The molecular weight excluding hydrogens is 437 g/mol. The van der Waals surface area contributed by atoms with E-state index in [0.717, 1.165) is 25.9 Å². The van der Waals surface area contributed by atoms with Crippen LogP contribution in [0.4, 0.5) is 14.9 Å². The third-order valence-electron chi connectivity index (χ3n) is 7.03. The van der Waals surface area contributed by atoms with Crippen LogP contribution in [0.5, 0.6) is 0 Å². The Morgan fingerprint density at radius 1 is 1.00 bits per heavy atom. The van der Waals surface area contributed by atoms with Gasteiger partial charge in [0.1, 0.15) is 5.82 Å². The van der Waals surface area contributed by atoms with Gasteiger partial charge < -0.3 is 14.4 Å². The maximum Gasteiger partial charge on any atom is 0.415 e. The Balaban J connectivity index is 1.19. The lowest BCUT2D eigenvalue weighted by atomic mass is 9.89. The molecule has 3 aliphatic heterocycles. The second-order valence-corrected chi connectivity index (χ2v) is 9.44. The van der Waals surface area contributed by atoms with Crippen molar-refractivity contribution in [2.75, 3.05) is 57.4 Å². The van der Waals surface area contributed by atoms with Crippen LogP contribution in [0.2, 0.25) is 0 Å². The van der Waals surface area contributed by atoms with Crippen molar-refractivity contribution in [2.24, 2.45) is 0 Å². The lowest BCUT2D eigenvalue weighted by Gasteiger charge is -2.34. The van der Waals surface area contributed by atoms with Gasteiger partial charge in [-0.15, -0.1) is 0 Å². The molecule has 3 heterocycles. The number of amides is 2. The number of hydrogen-bond acceptors (Lipinski definition) is 5. The third-order valence-corrected chi connectivity index (χ3v) is 7.03. The monoisotopic (exact) mass is 467 g/mol. The van der Waals surface area contributed by atoms with E-state index in [0.29, 0.717) is 31.3 Å². The Morgan fingerprint density at radius 3 is 2.47 bits per heavy atom. The van der Waals surface area contributed by atoms with Crippen LogP contribution >= 0.6 is 0 Å². The zero-order chi connectivity index (χ0) is 23.5. The average Bonchev–Trinajstić information content (AvgIpc) is 3.03. The van der Waals surface area contributed by atoms with Gasteiger partial charge in [0.15, 0.2) is 5.60 Å². The molecule has 0 N–H and O–H groups in total. The van der Waals surface area contributed by atoms with Crippen molar-refractivity contribution in [2.45, 2.75) is 24.4 Å². The molecule has 0 unspecified atom stereocenters. The summed E-state index contributed by atoms with van der Waals surface area (Å²) in [5.41, 5.74) is 0.998. The molecule has 3 saturated heterocycles. The summed E-state index contributed by atoms with van der Waals surface area (Å²) in [6.45, 7) is 3.75. The van der Waals surface area contributed by atoms with Gasteiger partial charge in [0.25, 0.3) is 0 Å². The minimum absolute atomic E-state index is 0.0271. The first-order valence-electron chi connectivity index (χ1n) is 11.9. The quantitative estimate of drug-likeness (QED) is 0.691. The minimum Gasteiger partial charge on any atom is -0.436 e. The van der Waals surface area contributed by atoms with E-state index in [9.17, 15) is 14.0 Å². The Hall–Kier alpha value is -2.97. The van der Waals surface area contributed by atoms with Crippen LogP contribution in [-0.2, 0) is 14.3 Å². The van der Waals surface area contributed by atoms with Crippen LogP contribution < -0.4 is 4.90 Å². The van der Waals surface area contributed by atoms with Gasteiger partial charge in [-0.2, -0.15) is 0 Å². The topological polar surface area (TPSA) is 62.3 Å². The molecule has 1 atom stereocenters. The maximum absolute atomic E-state index is 13.3. The van der Waals surface area contributed by atoms with E-state index < -0.39 is 11.7 Å². The standard InChI is InChI=1S/C26H30FN3O4/c27-22-6-8-23(9-7-22)30-18-26(34-25(30)32)17-29(14-15-33-19-26)24(31)16-28-12-10-21(11-13-28)20-4-2-1-3-5-20/h1-9,21H,10-19H2/t26-/m0/s1. The normalized spacial score (nSPS) is 24.3. The molecule has 0 aromatic heterocycles. The van der Waals surface area contributed by atoms with E-state index in [1.165, 1.54) is 22.6 Å². The predicted molar refractivity (Wildman–Crippen MR) is 125 cm³/mol. The highest BCUT2D eigenvalue weighted by atomic mass is 19.1. The molecule has 7 nitrogen and oxygen atoms in total. The molecule has 2 aromatic rings. The number of carbonyl (C=O) groups excluding carboxylic acids is 2. The molecule has 2 amide bonds. The van der Waals surface area contributed by atoms with Crippen molar-refractivity contribution >= 4 is 17.7 Å². The summed E-state index contributed by atoms with van der Waals surface area (Å²) in [6.07, 6.45) is 1.57. The predicted octanol–water partition coefficient (Wildman–Crippen LogP) is 3.26. The number of hydrogen-bond donors (Lipinski definition) is 0. The summed E-state index contributed by atoms with van der Waals surface area (Å²) in [6, 6.07) is 16.3. The fourth-order valence-corrected chi connectivity index (χ4v) is 5.16. The van der Waals surface area contributed by atoms with Crippen LogP contribution in [0.3, 0.4) is 0 Å². The van der Waals surface area contributed by atoms with Gasteiger partial charge in [-0.25, -0.2) is 9.18 Å². The van der Waals surface area contributed by atoms with Crippen LogP contribution in [0, 0.1) is 5.82 Å². The van der Waals surface area contributed by atoms with Gasteiger partial charge in [0, 0.05) is 12.2 Å². The fourth-order valence-electron chi connectivity index (χ4n) is 5.16. The Labute approximate surface area is 199 Å². The van der Waals surface area contributed by atoms with E-state index in [2.05, 4.69) is 29.2 Å². The van der Waals surface area contributed by atoms with Crippen LogP contribution in [-0.4, -0.2) is 79.9 Å². The smallest absolute Gasteiger partial charge is 0.415 e. The number of nitrogens with zero attached hydrogens (tertiary/aromatic N) is 3. The van der Waals surface area contributed by atoms with Gasteiger partial charge in [-0.05, 0) is 61.7 Å². The Bertz CT molecular complexity index is 1010. The molecule has 0 radical (unpaired) electrons. The number of anilines is 1. The highest BCUT2D eigenvalue weighted by Crippen LogP contribution is 2.31. The largest absolute Gasteiger partial charge is 0.436 e. The number of carbonyl (C=O) groups is 2. The first kappa shape index (κ1) is 22.8. The zero-order valence-electron chi connectivity index (χ0n) is 19.2. The number of ether oxygens (including phenoxy) is 2. The third kappa shape index (κ3) is 4.93. The molecule has 2 aromatic carbocycles. The van der Waals surface area contributed by atoms with E-state index in [1.807, 2.05) is 6.07 Å². The molecule has 1 spiro atoms. The van der Waals surface area contributed by atoms with Crippen molar-refractivity contribution in [3.63, 3.8) is 0 Å². The molecule has 0 bridgehead atoms. The SMILES string of the molecule is O=C(CN1CCC(c2ccccc2)CC1)N1CCOC[C@]2(C1)CN(c1ccc(F)cc1)C(=O)O2. The Morgan fingerprint density at radius 2 is 1.74 bits per heavy atom. The molecule has 180 valence electrons. The Kier molecular flexibility index (Phi) is 6.52. The molecule has 34 heavy (non-hydrogen) atoms. The van der Waals surface area contributed by atoms with E-state index in [1.54, 1.807) is 17.0 Å². The first-order valence-corrected chi connectivity index (χ1v) is 11.9. The van der Waals surface area contributed by atoms with Crippen molar-refractivity contribution in [3.8, 4) is 0 Å². The summed E-state index contributed by atoms with van der Waals surface area (Å²) in [7, 11) is 0. The van der Waals surface area contributed by atoms with Crippen LogP contribution in [0.15, 0.2) is 54.6 Å². The highest BCUT2D eigenvalue weighted by Gasteiger charge is 2.49. The number of halogens is 1. The van der Waals surface area contributed by atoms with Crippen molar-refractivity contribution in [3.05, 3.63) is 66.0 Å². The molecule has 3 fully saturated rings. The number of benzene rings is 2. The van der Waals surface area contributed by atoms with Crippen molar-refractivity contribution in [1.29, 1.82) is 0 Å². The summed E-state index contributed by atoms with van der Waals surface area (Å²) < 4.78 is 24.8. The summed E-state index contributed by atoms with van der Waals surface area (Å²) in [4.78, 5) is 31.3. The van der Waals surface area contributed by atoms with E-state index in [-0.39, 0.29) is 31.4 Å². The van der Waals surface area contributed by atoms with Gasteiger partial charge >= 0.3 is 6.09 Å². The van der Waals surface area contributed by atoms with Crippen LogP contribution in [0.25, 0.3) is 0 Å². The second kappa shape index (κ2) is 9.72. The van der Waals surface area contributed by atoms with Gasteiger partial charge in [-0.1, -0.05) is 30.3 Å².